The average Bonchev–Trinajstić information content (AvgIpc) is 2.04. The Morgan fingerprint density at radius 1 is 1.00 bits per heavy atom. The van der Waals surface area contributed by atoms with Gasteiger partial charge in [0.15, 0.2) is 0 Å². The molecule has 0 saturated carbocycles. The maximum Gasteiger partial charge on any atom is 0.230 e. The smallest absolute Gasteiger partial charge is 0.230 e. The number of thioether (sulfide) groups is 1. The number of hydrogen-bond donors (Lipinski definition) is 2. The van der Waals surface area contributed by atoms with Crippen molar-refractivity contribution in [2.75, 3.05) is 24.6 Å². The second-order valence-corrected chi connectivity index (χ2v) is 3.53. The molecule has 2 amide bonds. The Labute approximate surface area is 75.5 Å². The van der Waals surface area contributed by atoms with E-state index < -0.39 is 0 Å². The van der Waals surface area contributed by atoms with Crippen LogP contribution in [0.25, 0.3) is 0 Å². The predicted octanol–water partition coefficient (Wildman–Crippen LogP) is -0.644. The van der Waals surface area contributed by atoms with Crippen molar-refractivity contribution >= 4 is 23.6 Å². The molecule has 1 fully saturated rings. The van der Waals surface area contributed by atoms with E-state index in [0.717, 1.165) is 6.42 Å². The summed E-state index contributed by atoms with van der Waals surface area (Å²) in [6, 6.07) is 0. The Kier molecular flexibility index (Phi) is 3.93. The van der Waals surface area contributed by atoms with Gasteiger partial charge in [0.05, 0.1) is 11.5 Å². The van der Waals surface area contributed by atoms with Gasteiger partial charge in [-0.3, -0.25) is 9.59 Å². The Morgan fingerprint density at radius 3 is 2.00 bits per heavy atom. The molecule has 1 rings (SSSR count). The molecule has 0 aromatic carbocycles. The molecule has 0 aromatic rings. The summed E-state index contributed by atoms with van der Waals surface area (Å²) >= 11 is 1.34. The van der Waals surface area contributed by atoms with Crippen molar-refractivity contribution in [1.82, 2.24) is 10.6 Å². The van der Waals surface area contributed by atoms with Crippen LogP contribution in [0, 0.1) is 0 Å². The molecule has 0 radical (unpaired) electrons. The van der Waals surface area contributed by atoms with Crippen LogP contribution in [-0.2, 0) is 9.59 Å². The first-order chi connectivity index (χ1) is 5.79. The van der Waals surface area contributed by atoms with Crippen LogP contribution in [-0.4, -0.2) is 36.4 Å². The van der Waals surface area contributed by atoms with Crippen LogP contribution in [0.15, 0.2) is 0 Å². The highest BCUT2D eigenvalue weighted by molar-refractivity contribution is 8.00. The Balaban J connectivity index is 2.31. The fourth-order valence-electron chi connectivity index (χ4n) is 0.882. The van der Waals surface area contributed by atoms with Crippen LogP contribution in [0.4, 0.5) is 0 Å². The van der Waals surface area contributed by atoms with Crippen molar-refractivity contribution in [2.24, 2.45) is 0 Å². The average molecular weight is 188 g/mol. The number of carbonyl (C=O) groups excluding carboxylic acids is 2. The first kappa shape index (κ1) is 9.38. The normalized spacial score (nSPS) is 21.0. The number of nitrogens with one attached hydrogen (secondary N) is 2. The SMILES string of the molecule is O=C1CSCC(=O)NCCCN1. The van der Waals surface area contributed by atoms with Gasteiger partial charge in [-0.05, 0) is 6.42 Å². The monoisotopic (exact) mass is 188 g/mol. The third-order valence-corrected chi connectivity index (χ3v) is 2.40. The Morgan fingerprint density at radius 2 is 1.50 bits per heavy atom. The summed E-state index contributed by atoms with van der Waals surface area (Å²) in [5.74, 6) is 0.810. The van der Waals surface area contributed by atoms with Crippen LogP contribution < -0.4 is 10.6 Å². The summed E-state index contributed by atoms with van der Waals surface area (Å²) in [6.45, 7) is 1.30. The van der Waals surface area contributed by atoms with Crippen molar-refractivity contribution in [3.8, 4) is 0 Å². The molecule has 0 spiro atoms. The molecule has 0 atom stereocenters. The first-order valence-corrected chi connectivity index (χ1v) is 5.05. The third kappa shape index (κ3) is 3.61. The molecular weight excluding hydrogens is 176 g/mol. The van der Waals surface area contributed by atoms with Crippen molar-refractivity contribution in [3.63, 3.8) is 0 Å². The molecule has 5 heteroatoms. The molecule has 2 N–H and O–H groups in total. The molecule has 0 bridgehead atoms. The van der Waals surface area contributed by atoms with Gasteiger partial charge in [0.2, 0.25) is 11.8 Å². The summed E-state index contributed by atoms with van der Waals surface area (Å²) < 4.78 is 0. The molecule has 4 nitrogen and oxygen atoms in total. The molecule has 68 valence electrons. The number of carbonyl (C=O) groups is 2. The number of hydrogen-bond acceptors (Lipinski definition) is 3. The maximum absolute atomic E-state index is 10.9. The van der Waals surface area contributed by atoms with Crippen LogP contribution in [0.3, 0.4) is 0 Å². The molecule has 0 unspecified atom stereocenters. The summed E-state index contributed by atoms with van der Waals surface area (Å²) in [6.07, 6.45) is 0.808. The van der Waals surface area contributed by atoms with Gasteiger partial charge in [-0.15, -0.1) is 11.8 Å². The fraction of sp³-hybridized carbons (Fsp3) is 0.714. The first-order valence-electron chi connectivity index (χ1n) is 3.90. The van der Waals surface area contributed by atoms with Gasteiger partial charge in [-0.2, -0.15) is 0 Å². The number of amides is 2. The summed E-state index contributed by atoms with van der Waals surface area (Å²) in [4.78, 5) is 21.9. The molecule has 1 heterocycles. The maximum atomic E-state index is 10.9. The highest BCUT2D eigenvalue weighted by Gasteiger charge is 2.06. The van der Waals surface area contributed by atoms with Crippen molar-refractivity contribution in [2.45, 2.75) is 6.42 Å². The second kappa shape index (κ2) is 5.03. The molecule has 12 heavy (non-hydrogen) atoms. The van der Waals surface area contributed by atoms with Gasteiger partial charge in [0, 0.05) is 13.1 Å². The van der Waals surface area contributed by atoms with Gasteiger partial charge in [0.25, 0.3) is 0 Å². The summed E-state index contributed by atoms with van der Waals surface area (Å²) in [5.41, 5.74) is 0. The van der Waals surface area contributed by atoms with E-state index in [-0.39, 0.29) is 11.8 Å². The zero-order valence-corrected chi connectivity index (χ0v) is 7.58. The Hall–Kier alpha value is -0.710. The summed E-state index contributed by atoms with van der Waals surface area (Å²) in [5, 5.41) is 5.51. The lowest BCUT2D eigenvalue weighted by molar-refractivity contribution is -0.118. The van der Waals surface area contributed by atoms with E-state index in [4.69, 9.17) is 0 Å². The molecular formula is C7H12N2O2S. The largest absolute Gasteiger partial charge is 0.355 e. The minimum Gasteiger partial charge on any atom is -0.355 e. The van der Waals surface area contributed by atoms with Gasteiger partial charge in [-0.1, -0.05) is 0 Å². The van der Waals surface area contributed by atoms with E-state index in [1.807, 2.05) is 0 Å². The molecule has 0 aliphatic carbocycles. The second-order valence-electron chi connectivity index (χ2n) is 2.55. The van der Waals surface area contributed by atoms with Crippen molar-refractivity contribution < 1.29 is 9.59 Å². The third-order valence-electron chi connectivity index (χ3n) is 1.46. The van der Waals surface area contributed by atoms with E-state index in [1.54, 1.807) is 0 Å². The van der Waals surface area contributed by atoms with Crippen LogP contribution in [0.2, 0.25) is 0 Å². The highest BCUT2D eigenvalue weighted by atomic mass is 32.2. The molecule has 0 aromatic heterocycles. The van der Waals surface area contributed by atoms with Gasteiger partial charge in [0.1, 0.15) is 0 Å². The minimum atomic E-state index is 0.0229. The molecule has 1 aliphatic heterocycles. The standard InChI is InChI=1S/C7H12N2O2S/c10-6-4-12-5-7(11)9-3-1-2-8-6/h1-5H2,(H,8,10)(H,9,11). The van der Waals surface area contributed by atoms with Gasteiger partial charge in [-0.25, -0.2) is 0 Å². The zero-order chi connectivity index (χ0) is 8.81. The molecule has 1 saturated heterocycles. The zero-order valence-electron chi connectivity index (χ0n) is 6.76. The van der Waals surface area contributed by atoms with Crippen molar-refractivity contribution in [1.29, 1.82) is 0 Å². The van der Waals surface area contributed by atoms with Crippen molar-refractivity contribution in [3.05, 3.63) is 0 Å². The fourth-order valence-corrected chi connectivity index (χ4v) is 1.56. The van der Waals surface area contributed by atoms with E-state index in [2.05, 4.69) is 10.6 Å². The van der Waals surface area contributed by atoms with Crippen LogP contribution >= 0.6 is 11.8 Å². The van der Waals surface area contributed by atoms with E-state index in [1.165, 1.54) is 11.8 Å². The van der Waals surface area contributed by atoms with E-state index in [0.29, 0.717) is 24.6 Å². The van der Waals surface area contributed by atoms with Gasteiger partial charge < -0.3 is 10.6 Å². The Bertz CT molecular complexity index is 166. The number of rotatable bonds is 0. The summed E-state index contributed by atoms with van der Waals surface area (Å²) in [7, 11) is 0. The lowest BCUT2D eigenvalue weighted by atomic mass is 10.4. The van der Waals surface area contributed by atoms with E-state index in [9.17, 15) is 9.59 Å². The predicted molar refractivity (Wildman–Crippen MR) is 48.0 cm³/mol. The lowest BCUT2D eigenvalue weighted by Crippen LogP contribution is -2.34. The van der Waals surface area contributed by atoms with Crippen LogP contribution in [0.1, 0.15) is 6.42 Å². The van der Waals surface area contributed by atoms with E-state index >= 15 is 0 Å². The topological polar surface area (TPSA) is 58.2 Å². The minimum absolute atomic E-state index is 0.0229. The quantitative estimate of drug-likeness (QED) is 0.531. The molecule has 1 aliphatic rings. The lowest BCUT2D eigenvalue weighted by Gasteiger charge is -2.09. The van der Waals surface area contributed by atoms with Crippen LogP contribution in [0.5, 0.6) is 0 Å². The van der Waals surface area contributed by atoms with Gasteiger partial charge >= 0.3 is 0 Å². The highest BCUT2D eigenvalue weighted by Crippen LogP contribution is 1.99.